The standard InChI is InChI=1S/C33H28ClN5O3/c34-28-13-7-8-14-30(28)38-31(23-29(35-38)24-15-17-27(18-16-24)39(41)42)33(40)37-21-19-36(20-22-37)32(25-9-3-1-4-10-25)26-11-5-2-6-12-26/h1-18,23,32H,19-22H2. The van der Waals surface area contributed by atoms with Crippen molar-refractivity contribution in [3.8, 4) is 16.9 Å². The van der Waals surface area contributed by atoms with Gasteiger partial charge in [0, 0.05) is 43.9 Å². The van der Waals surface area contributed by atoms with Gasteiger partial charge in [-0.2, -0.15) is 5.10 Å². The van der Waals surface area contributed by atoms with Crippen molar-refractivity contribution < 1.29 is 9.72 Å². The molecule has 4 aromatic carbocycles. The SMILES string of the molecule is O=C(c1cc(-c2ccc([N+](=O)[O-])cc2)nn1-c1ccccc1Cl)N1CCN(C(c2ccccc2)c2ccccc2)CC1. The smallest absolute Gasteiger partial charge is 0.272 e. The number of halogens is 1. The van der Waals surface area contributed by atoms with Crippen LogP contribution in [0.25, 0.3) is 16.9 Å². The summed E-state index contributed by atoms with van der Waals surface area (Å²) >= 11 is 6.54. The lowest BCUT2D eigenvalue weighted by Gasteiger charge is -2.39. The third-order valence-electron chi connectivity index (χ3n) is 7.58. The van der Waals surface area contributed by atoms with Crippen molar-refractivity contribution in [2.45, 2.75) is 6.04 Å². The summed E-state index contributed by atoms with van der Waals surface area (Å²) in [7, 11) is 0. The Hall–Kier alpha value is -4.79. The Labute approximate surface area is 248 Å². The first-order chi connectivity index (χ1) is 20.5. The number of hydrogen-bond acceptors (Lipinski definition) is 5. The highest BCUT2D eigenvalue weighted by molar-refractivity contribution is 6.32. The van der Waals surface area contributed by atoms with Gasteiger partial charge in [0.2, 0.25) is 0 Å². The number of hydrogen-bond donors (Lipinski definition) is 0. The Morgan fingerprint density at radius 1 is 0.786 bits per heavy atom. The van der Waals surface area contributed by atoms with Crippen LogP contribution in [0, 0.1) is 10.1 Å². The largest absolute Gasteiger partial charge is 0.335 e. The number of benzene rings is 4. The van der Waals surface area contributed by atoms with E-state index in [0.29, 0.717) is 53.8 Å². The number of carbonyl (C=O) groups is 1. The van der Waals surface area contributed by atoms with Crippen molar-refractivity contribution in [3.63, 3.8) is 0 Å². The van der Waals surface area contributed by atoms with Crippen LogP contribution in [0.15, 0.2) is 115 Å². The fourth-order valence-corrected chi connectivity index (χ4v) is 5.68. The second-order valence-corrected chi connectivity index (χ2v) is 10.5. The van der Waals surface area contributed by atoms with Crippen LogP contribution in [0.1, 0.15) is 27.7 Å². The van der Waals surface area contributed by atoms with E-state index in [-0.39, 0.29) is 17.6 Å². The number of carbonyl (C=O) groups excluding carboxylic acids is 1. The van der Waals surface area contributed by atoms with Gasteiger partial charge in [-0.3, -0.25) is 19.8 Å². The van der Waals surface area contributed by atoms with Crippen molar-refractivity contribution in [1.82, 2.24) is 19.6 Å². The maximum atomic E-state index is 14.0. The number of piperazine rings is 1. The number of rotatable bonds is 7. The molecule has 0 saturated carbocycles. The van der Waals surface area contributed by atoms with E-state index < -0.39 is 4.92 Å². The van der Waals surface area contributed by atoms with Crippen molar-refractivity contribution >= 4 is 23.2 Å². The minimum atomic E-state index is -0.444. The molecule has 2 heterocycles. The molecule has 1 aliphatic heterocycles. The molecule has 42 heavy (non-hydrogen) atoms. The van der Waals surface area contributed by atoms with Gasteiger partial charge in [-0.1, -0.05) is 84.4 Å². The molecule has 0 bridgehead atoms. The Balaban J connectivity index is 1.28. The van der Waals surface area contributed by atoms with E-state index in [4.69, 9.17) is 16.7 Å². The van der Waals surface area contributed by atoms with E-state index in [1.165, 1.54) is 23.3 Å². The molecule has 0 atom stereocenters. The molecular weight excluding hydrogens is 550 g/mol. The van der Waals surface area contributed by atoms with E-state index >= 15 is 0 Å². The summed E-state index contributed by atoms with van der Waals surface area (Å²) in [5.41, 5.74) is 4.58. The summed E-state index contributed by atoms with van der Waals surface area (Å²) in [4.78, 5) is 29.0. The lowest BCUT2D eigenvalue weighted by Crippen LogP contribution is -2.50. The maximum absolute atomic E-state index is 14.0. The summed E-state index contributed by atoms with van der Waals surface area (Å²) in [5.74, 6) is -0.147. The normalized spacial score (nSPS) is 13.8. The highest BCUT2D eigenvalue weighted by Gasteiger charge is 2.30. The summed E-state index contributed by atoms with van der Waals surface area (Å²) < 4.78 is 1.57. The summed E-state index contributed by atoms with van der Waals surface area (Å²) in [5, 5.41) is 16.3. The first kappa shape index (κ1) is 27.4. The van der Waals surface area contributed by atoms with Crippen molar-refractivity contribution in [3.05, 3.63) is 147 Å². The molecule has 6 rings (SSSR count). The van der Waals surface area contributed by atoms with Crippen molar-refractivity contribution in [2.75, 3.05) is 26.2 Å². The number of amides is 1. The predicted octanol–water partition coefficient (Wildman–Crippen LogP) is 6.65. The number of aromatic nitrogens is 2. The second kappa shape index (κ2) is 12.0. The molecule has 0 radical (unpaired) electrons. The summed E-state index contributed by atoms with van der Waals surface area (Å²) in [6, 6.07) is 36.1. The van der Waals surface area contributed by atoms with Gasteiger partial charge in [0.25, 0.3) is 11.6 Å². The molecule has 0 N–H and O–H groups in total. The number of nitro benzene ring substituents is 1. The number of non-ortho nitro benzene ring substituents is 1. The van der Waals surface area contributed by atoms with Crippen LogP contribution in [0.2, 0.25) is 5.02 Å². The third-order valence-corrected chi connectivity index (χ3v) is 7.90. The van der Waals surface area contributed by atoms with Crippen molar-refractivity contribution in [1.29, 1.82) is 0 Å². The van der Waals surface area contributed by atoms with Gasteiger partial charge in [-0.05, 0) is 41.5 Å². The topological polar surface area (TPSA) is 84.5 Å². The first-order valence-electron chi connectivity index (χ1n) is 13.7. The molecule has 1 amide bonds. The van der Waals surface area contributed by atoms with E-state index in [2.05, 4.69) is 53.4 Å². The van der Waals surface area contributed by atoms with Crippen LogP contribution >= 0.6 is 11.6 Å². The fourth-order valence-electron chi connectivity index (χ4n) is 5.47. The minimum Gasteiger partial charge on any atom is -0.335 e. The third kappa shape index (κ3) is 5.54. The Morgan fingerprint density at radius 3 is 1.93 bits per heavy atom. The highest BCUT2D eigenvalue weighted by atomic mass is 35.5. The number of nitro groups is 1. The zero-order valence-electron chi connectivity index (χ0n) is 22.7. The van der Waals surface area contributed by atoms with Gasteiger partial charge in [0.05, 0.1) is 27.4 Å². The van der Waals surface area contributed by atoms with Gasteiger partial charge in [-0.25, -0.2) is 4.68 Å². The van der Waals surface area contributed by atoms with Gasteiger partial charge in [0.15, 0.2) is 0 Å². The quantitative estimate of drug-likeness (QED) is 0.160. The van der Waals surface area contributed by atoms with E-state index in [9.17, 15) is 14.9 Å². The number of nitrogens with zero attached hydrogens (tertiary/aromatic N) is 5. The van der Waals surface area contributed by atoms with Crippen LogP contribution in [-0.2, 0) is 0 Å². The summed E-state index contributed by atoms with van der Waals surface area (Å²) in [6.07, 6.45) is 0. The molecule has 210 valence electrons. The monoisotopic (exact) mass is 577 g/mol. The van der Waals surface area contributed by atoms with Crippen molar-refractivity contribution in [2.24, 2.45) is 0 Å². The van der Waals surface area contributed by atoms with Crippen LogP contribution in [-0.4, -0.2) is 56.6 Å². The Kier molecular flexibility index (Phi) is 7.81. The van der Waals surface area contributed by atoms with E-state index in [1.807, 2.05) is 35.2 Å². The molecule has 0 aliphatic carbocycles. The van der Waals surface area contributed by atoms with Crippen LogP contribution in [0.5, 0.6) is 0 Å². The van der Waals surface area contributed by atoms with Crippen LogP contribution in [0.3, 0.4) is 0 Å². The Bertz CT molecular complexity index is 1660. The van der Waals surface area contributed by atoms with Gasteiger partial charge < -0.3 is 4.90 Å². The molecule has 8 nitrogen and oxygen atoms in total. The van der Waals surface area contributed by atoms with Crippen LogP contribution < -0.4 is 0 Å². The molecule has 5 aromatic rings. The molecule has 1 fully saturated rings. The molecule has 1 aromatic heterocycles. The molecular formula is C33H28ClN5O3. The minimum absolute atomic E-state index is 0.0113. The Morgan fingerprint density at radius 2 is 1.36 bits per heavy atom. The first-order valence-corrected chi connectivity index (χ1v) is 14.1. The highest BCUT2D eigenvalue weighted by Crippen LogP contribution is 2.31. The second-order valence-electron chi connectivity index (χ2n) is 10.1. The molecule has 0 spiro atoms. The average molecular weight is 578 g/mol. The zero-order chi connectivity index (χ0) is 29.1. The van der Waals surface area contributed by atoms with E-state index in [0.717, 1.165) is 0 Å². The van der Waals surface area contributed by atoms with Gasteiger partial charge >= 0.3 is 0 Å². The molecule has 0 unspecified atom stereocenters. The molecule has 1 aliphatic rings. The predicted molar refractivity (Wildman–Crippen MR) is 163 cm³/mol. The average Bonchev–Trinajstić information content (AvgIpc) is 3.48. The van der Waals surface area contributed by atoms with E-state index in [1.54, 1.807) is 28.9 Å². The molecule has 9 heteroatoms. The lowest BCUT2D eigenvalue weighted by atomic mass is 9.96. The fraction of sp³-hybridized carbons (Fsp3) is 0.152. The maximum Gasteiger partial charge on any atom is 0.272 e. The van der Waals surface area contributed by atoms with Crippen LogP contribution in [0.4, 0.5) is 5.69 Å². The lowest BCUT2D eigenvalue weighted by molar-refractivity contribution is -0.384. The number of para-hydroxylation sites is 1. The zero-order valence-corrected chi connectivity index (χ0v) is 23.5. The summed E-state index contributed by atoms with van der Waals surface area (Å²) in [6.45, 7) is 2.51. The van der Waals surface area contributed by atoms with Gasteiger partial charge in [-0.15, -0.1) is 0 Å². The van der Waals surface area contributed by atoms with Gasteiger partial charge in [0.1, 0.15) is 5.69 Å². The molecule has 1 saturated heterocycles.